The number of aryl methyl sites for hydroxylation is 2. The minimum atomic E-state index is -4.40. The minimum Gasteiger partial charge on any atom is -0.322 e. The van der Waals surface area contributed by atoms with Crippen molar-refractivity contribution >= 4 is 11.6 Å². The quantitative estimate of drug-likeness (QED) is 0.702. The molecule has 1 amide bonds. The zero-order chi connectivity index (χ0) is 19.6. The molecular formula is C20H16F3N3O. The van der Waals surface area contributed by atoms with Crippen molar-refractivity contribution in [3.8, 4) is 11.4 Å². The van der Waals surface area contributed by atoms with Crippen LogP contribution in [0.1, 0.15) is 27.2 Å². The molecule has 4 nitrogen and oxygen atoms in total. The lowest BCUT2D eigenvalue weighted by molar-refractivity contribution is -0.137. The summed E-state index contributed by atoms with van der Waals surface area (Å²) in [6.45, 7) is 3.60. The monoisotopic (exact) mass is 371 g/mol. The smallest absolute Gasteiger partial charge is 0.322 e. The number of halogens is 3. The fourth-order valence-corrected chi connectivity index (χ4v) is 2.47. The van der Waals surface area contributed by atoms with Crippen molar-refractivity contribution < 1.29 is 18.0 Å². The Bertz CT molecular complexity index is 965. The molecule has 1 aromatic heterocycles. The fraction of sp³-hybridized carbons (Fsp3) is 0.150. The lowest BCUT2D eigenvalue weighted by Gasteiger charge is -2.10. The van der Waals surface area contributed by atoms with Crippen LogP contribution in [0.15, 0.2) is 54.7 Å². The van der Waals surface area contributed by atoms with Crippen molar-refractivity contribution in [3.63, 3.8) is 0 Å². The first-order chi connectivity index (χ1) is 12.7. The van der Waals surface area contributed by atoms with Crippen LogP contribution in [0.5, 0.6) is 0 Å². The van der Waals surface area contributed by atoms with Crippen LogP contribution in [0.2, 0.25) is 0 Å². The Morgan fingerprint density at radius 1 is 0.963 bits per heavy atom. The summed E-state index contributed by atoms with van der Waals surface area (Å²) >= 11 is 0. The highest BCUT2D eigenvalue weighted by molar-refractivity contribution is 6.04. The molecule has 0 saturated heterocycles. The standard InChI is InChI=1S/C20H16F3N3O/c1-12-3-9-16(10-4-12)26-19(27)17-11-24-18(25-13(17)2)14-5-7-15(8-6-14)20(21,22)23/h3-11H,1-2H3,(H,26,27). The molecule has 0 fully saturated rings. The van der Waals surface area contributed by atoms with Crippen molar-refractivity contribution in [3.05, 3.63) is 77.1 Å². The van der Waals surface area contributed by atoms with E-state index >= 15 is 0 Å². The normalized spacial score (nSPS) is 11.3. The molecule has 3 rings (SSSR count). The van der Waals surface area contributed by atoms with E-state index in [0.29, 0.717) is 22.5 Å². The van der Waals surface area contributed by atoms with Crippen LogP contribution in [0.3, 0.4) is 0 Å². The Labute approximate surface area is 154 Å². The Morgan fingerprint density at radius 2 is 1.59 bits per heavy atom. The molecule has 2 aromatic carbocycles. The number of hydrogen-bond donors (Lipinski definition) is 1. The summed E-state index contributed by atoms with van der Waals surface area (Å²) in [7, 11) is 0. The highest BCUT2D eigenvalue weighted by Gasteiger charge is 2.30. The molecule has 0 unspecified atom stereocenters. The summed E-state index contributed by atoms with van der Waals surface area (Å²) in [4.78, 5) is 20.8. The van der Waals surface area contributed by atoms with Crippen LogP contribution < -0.4 is 5.32 Å². The van der Waals surface area contributed by atoms with E-state index in [1.54, 1.807) is 19.1 Å². The average Bonchev–Trinajstić information content (AvgIpc) is 2.63. The highest BCUT2D eigenvalue weighted by atomic mass is 19.4. The van der Waals surface area contributed by atoms with Crippen LogP contribution >= 0.6 is 0 Å². The van der Waals surface area contributed by atoms with Crippen molar-refractivity contribution in [2.24, 2.45) is 0 Å². The van der Waals surface area contributed by atoms with Crippen molar-refractivity contribution in [2.75, 3.05) is 5.32 Å². The summed E-state index contributed by atoms with van der Waals surface area (Å²) in [6, 6.07) is 11.9. The molecule has 138 valence electrons. The molecule has 0 atom stereocenters. The molecule has 0 aliphatic carbocycles. The zero-order valence-electron chi connectivity index (χ0n) is 14.6. The van der Waals surface area contributed by atoms with E-state index in [1.807, 2.05) is 19.1 Å². The van der Waals surface area contributed by atoms with Crippen molar-refractivity contribution in [1.82, 2.24) is 9.97 Å². The number of benzene rings is 2. The second kappa shape index (κ2) is 7.19. The Hall–Kier alpha value is -3.22. The average molecular weight is 371 g/mol. The molecule has 7 heteroatoms. The molecule has 0 aliphatic heterocycles. The van der Waals surface area contributed by atoms with Gasteiger partial charge in [0.15, 0.2) is 5.82 Å². The van der Waals surface area contributed by atoms with Crippen LogP contribution in [0, 0.1) is 13.8 Å². The van der Waals surface area contributed by atoms with Crippen LogP contribution in [0.25, 0.3) is 11.4 Å². The van der Waals surface area contributed by atoms with Gasteiger partial charge in [-0.2, -0.15) is 13.2 Å². The number of carbonyl (C=O) groups is 1. The van der Waals surface area contributed by atoms with Gasteiger partial charge in [0.2, 0.25) is 0 Å². The van der Waals surface area contributed by atoms with Gasteiger partial charge >= 0.3 is 6.18 Å². The number of alkyl halides is 3. The Kier molecular flexibility index (Phi) is 4.94. The summed E-state index contributed by atoms with van der Waals surface area (Å²) in [5.74, 6) is -0.0940. The largest absolute Gasteiger partial charge is 0.416 e. The predicted molar refractivity (Wildman–Crippen MR) is 96.3 cm³/mol. The van der Waals surface area contributed by atoms with Gasteiger partial charge in [-0.05, 0) is 38.1 Å². The van der Waals surface area contributed by atoms with E-state index in [9.17, 15) is 18.0 Å². The predicted octanol–water partition coefficient (Wildman–Crippen LogP) is 5.03. The van der Waals surface area contributed by atoms with Crippen LogP contribution in [-0.2, 0) is 6.18 Å². The number of nitrogens with one attached hydrogen (secondary N) is 1. The molecule has 0 spiro atoms. The highest BCUT2D eigenvalue weighted by Crippen LogP contribution is 2.30. The SMILES string of the molecule is Cc1ccc(NC(=O)c2cnc(-c3ccc(C(F)(F)F)cc3)nc2C)cc1. The summed E-state index contributed by atoms with van der Waals surface area (Å²) in [5, 5.41) is 2.77. The van der Waals surface area contributed by atoms with E-state index in [0.717, 1.165) is 17.7 Å². The second-order valence-electron chi connectivity index (χ2n) is 6.09. The summed E-state index contributed by atoms with van der Waals surface area (Å²) in [5.41, 5.74) is 2.16. The van der Waals surface area contributed by atoms with E-state index in [2.05, 4.69) is 15.3 Å². The van der Waals surface area contributed by atoms with Gasteiger partial charge in [-0.3, -0.25) is 4.79 Å². The minimum absolute atomic E-state index is 0.258. The molecular weight excluding hydrogens is 355 g/mol. The molecule has 0 saturated carbocycles. The second-order valence-corrected chi connectivity index (χ2v) is 6.09. The third-order valence-electron chi connectivity index (χ3n) is 4.00. The maximum Gasteiger partial charge on any atom is 0.416 e. The number of nitrogens with zero attached hydrogens (tertiary/aromatic N) is 2. The number of hydrogen-bond acceptors (Lipinski definition) is 3. The summed E-state index contributed by atoms with van der Waals surface area (Å²) < 4.78 is 38.0. The maximum absolute atomic E-state index is 12.7. The van der Waals surface area contributed by atoms with E-state index in [4.69, 9.17) is 0 Å². The van der Waals surface area contributed by atoms with Gasteiger partial charge in [-0.25, -0.2) is 9.97 Å². The van der Waals surface area contributed by atoms with E-state index in [1.165, 1.54) is 18.3 Å². The van der Waals surface area contributed by atoms with Gasteiger partial charge < -0.3 is 5.32 Å². The number of rotatable bonds is 3. The first-order valence-electron chi connectivity index (χ1n) is 8.13. The number of anilines is 1. The molecule has 1 N–H and O–H groups in total. The molecule has 3 aromatic rings. The maximum atomic E-state index is 12.7. The van der Waals surface area contributed by atoms with Gasteiger partial charge in [-0.15, -0.1) is 0 Å². The molecule has 0 radical (unpaired) electrons. The Balaban J connectivity index is 1.81. The third kappa shape index (κ3) is 4.31. The third-order valence-corrected chi connectivity index (χ3v) is 4.00. The molecule has 0 bridgehead atoms. The van der Waals surface area contributed by atoms with E-state index in [-0.39, 0.29) is 11.7 Å². The van der Waals surface area contributed by atoms with Crippen LogP contribution in [0.4, 0.5) is 18.9 Å². The fourth-order valence-electron chi connectivity index (χ4n) is 2.47. The lowest BCUT2D eigenvalue weighted by Crippen LogP contribution is -2.15. The van der Waals surface area contributed by atoms with Crippen molar-refractivity contribution in [2.45, 2.75) is 20.0 Å². The first-order valence-corrected chi connectivity index (χ1v) is 8.13. The van der Waals surface area contributed by atoms with Gasteiger partial charge in [0.05, 0.1) is 16.8 Å². The van der Waals surface area contributed by atoms with Crippen molar-refractivity contribution in [1.29, 1.82) is 0 Å². The number of carbonyl (C=O) groups excluding carboxylic acids is 1. The number of amides is 1. The Morgan fingerprint density at radius 3 is 2.15 bits per heavy atom. The molecule has 1 heterocycles. The van der Waals surface area contributed by atoms with E-state index < -0.39 is 11.7 Å². The van der Waals surface area contributed by atoms with Gasteiger partial charge in [0.1, 0.15) is 0 Å². The van der Waals surface area contributed by atoms with Crippen LogP contribution in [-0.4, -0.2) is 15.9 Å². The zero-order valence-corrected chi connectivity index (χ0v) is 14.6. The molecule has 0 aliphatic rings. The first kappa shape index (κ1) is 18.6. The number of aromatic nitrogens is 2. The van der Waals surface area contributed by atoms with Gasteiger partial charge in [0, 0.05) is 17.4 Å². The van der Waals surface area contributed by atoms with Gasteiger partial charge in [-0.1, -0.05) is 29.8 Å². The van der Waals surface area contributed by atoms with Gasteiger partial charge in [0.25, 0.3) is 5.91 Å². The summed E-state index contributed by atoms with van der Waals surface area (Å²) in [6.07, 6.45) is -3.02. The lowest BCUT2D eigenvalue weighted by atomic mass is 10.1. The topological polar surface area (TPSA) is 54.9 Å². The molecule has 27 heavy (non-hydrogen) atoms.